The number of rotatable bonds is 5. The standard InChI is InChI=1S/C17H18N2O3/c1-12-6-7-14(9-13(12)2)17(21)19-10-16(20)22-11-15-5-3-4-8-18-15/h3-9H,10-11H2,1-2H3,(H,19,21). The average Bonchev–Trinajstić information content (AvgIpc) is 2.54. The normalized spacial score (nSPS) is 10.1. The lowest BCUT2D eigenvalue weighted by atomic mass is 10.1. The van der Waals surface area contributed by atoms with E-state index >= 15 is 0 Å². The number of amides is 1. The second kappa shape index (κ2) is 7.36. The SMILES string of the molecule is Cc1ccc(C(=O)NCC(=O)OCc2ccccn2)cc1C. The van der Waals surface area contributed by atoms with Crippen LogP contribution in [0.2, 0.25) is 0 Å². The van der Waals surface area contributed by atoms with Gasteiger partial charge < -0.3 is 10.1 Å². The summed E-state index contributed by atoms with van der Waals surface area (Å²) in [5.41, 5.74) is 3.34. The third-order valence-corrected chi connectivity index (χ3v) is 3.27. The third kappa shape index (κ3) is 4.41. The predicted molar refractivity (Wildman–Crippen MR) is 82.3 cm³/mol. The first-order valence-electron chi connectivity index (χ1n) is 6.97. The van der Waals surface area contributed by atoms with E-state index in [4.69, 9.17) is 4.74 Å². The Morgan fingerprint density at radius 2 is 1.95 bits per heavy atom. The van der Waals surface area contributed by atoms with Crippen molar-refractivity contribution in [3.05, 3.63) is 65.0 Å². The highest BCUT2D eigenvalue weighted by atomic mass is 16.5. The second-order valence-electron chi connectivity index (χ2n) is 4.96. The maximum atomic E-state index is 12.0. The van der Waals surface area contributed by atoms with E-state index in [1.165, 1.54) is 0 Å². The van der Waals surface area contributed by atoms with Crippen LogP contribution in [0.25, 0.3) is 0 Å². The number of carbonyl (C=O) groups excluding carboxylic acids is 2. The van der Waals surface area contributed by atoms with Gasteiger partial charge in [0.25, 0.3) is 5.91 Å². The number of aryl methyl sites for hydroxylation is 2. The van der Waals surface area contributed by atoms with Crippen LogP contribution in [-0.2, 0) is 16.1 Å². The van der Waals surface area contributed by atoms with E-state index < -0.39 is 5.97 Å². The molecule has 0 saturated heterocycles. The molecule has 22 heavy (non-hydrogen) atoms. The average molecular weight is 298 g/mol. The van der Waals surface area contributed by atoms with Crippen molar-refractivity contribution in [2.75, 3.05) is 6.54 Å². The largest absolute Gasteiger partial charge is 0.458 e. The summed E-state index contributed by atoms with van der Waals surface area (Å²) in [5, 5.41) is 2.55. The van der Waals surface area contributed by atoms with E-state index in [1.807, 2.05) is 26.0 Å². The number of nitrogens with zero attached hydrogens (tertiary/aromatic N) is 1. The minimum absolute atomic E-state index is 0.0964. The molecule has 0 bridgehead atoms. The minimum Gasteiger partial charge on any atom is -0.458 e. The maximum Gasteiger partial charge on any atom is 0.325 e. The minimum atomic E-state index is -0.497. The molecule has 0 aliphatic heterocycles. The molecule has 0 unspecified atom stereocenters. The quantitative estimate of drug-likeness (QED) is 0.859. The summed E-state index contributed by atoms with van der Waals surface area (Å²) in [4.78, 5) is 27.6. The van der Waals surface area contributed by atoms with Gasteiger partial charge in [-0.05, 0) is 49.2 Å². The fourth-order valence-corrected chi connectivity index (χ4v) is 1.83. The highest BCUT2D eigenvalue weighted by Gasteiger charge is 2.10. The number of nitrogens with one attached hydrogen (secondary N) is 1. The van der Waals surface area contributed by atoms with Gasteiger partial charge in [0.2, 0.25) is 0 Å². The Balaban J connectivity index is 1.80. The van der Waals surface area contributed by atoms with Gasteiger partial charge in [-0.25, -0.2) is 0 Å². The van der Waals surface area contributed by atoms with E-state index in [1.54, 1.807) is 30.5 Å². The first-order chi connectivity index (χ1) is 10.6. The highest BCUT2D eigenvalue weighted by molar-refractivity contribution is 5.96. The smallest absolute Gasteiger partial charge is 0.325 e. The van der Waals surface area contributed by atoms with E-state index in [9.17, 15) is 9.59 Å². The van der Waals surface area contributed by atoms with Crippen molar-refractivity contribution in [3.63, 3.8) is 0 Å². The van der Waals surface area contributed by atoms with Gasteiger partial charge in [-0.2, -0.15) is 0 Å². The fraction of sp³-hybridized carbons (Fsp3) is 0.235. The number of aromatic nitrogens is 1. The molecule has 1 aromatic carbocycles. The Morgan fingerprint density at radius 3 is 2.64 bits per heavy atom. The lowest BCUT2D eigenvalue weighted by Crippen LogP contribution is -2.30. The molecule has 1 heterocycles. The molecule has 1 N–H and O–H groups in total. The van der Waals surface area contributed by atoms with Crippen LogP contribution >= 0.6 is 0 Å². The zero-order valence-corrected chi connectivity index (χ0v) is 12.6. The summed E-state index contributed by atoms with van der Waals surface area (Å²) in [5.74, 6) is -0.791. The lowest BCUT2D eigenvalue weighted by Gasteiger charge is -2.07. The van der Waals surface area contributed by atoms with Crippen LogP contribution in [0.3, 0.4) is 0 Å². The first kappa shape index (κ1) is 15.7. The van der Waals surface area contributed by atoms with Crippen molar-refractivity contribution < 1.29 is 14.3 Å². The van der Waals surface area contributed by atoms with E-state index in [2.05, 4.69) is 10.3 Å². The van der Waals surface area contributed by atoms with Gasteiger partial charge >= 0.3 is 5.97 Å². The molecule has 0 fully saturated rings. The molecule has 0 aliphatic carbocycles. The molecule has 5 nitrogen and oxygen atoms in total. The van der Waals surface area contributed by atoms with E-state index in [-0.39, 0.29) is 19.1 Å². The molecule has 0 spiro atoms. The monoisotopic (exact) mass is 298 g/mol. The first-order valence-corrected chi connectivity index (χ1v) is 6.97. The molecule has 0 atom stereocenters. The van der Waals surface area contributed by atoms with Crippen LogP contribution in [0.4, 0.5) is 0 Å². The van der Waals surface area contributed by atoms with Crippen LogP contribution < -0.4 is 5.32 Å². The Morgan fingerprint density at radius 1 is 1.14 bits per heavy atom. The van der Waals surface area contributed by atoms with Crippen LogP contribution in [0.15, 0.2) is 42.6 Å². The maximum absolute atomic E-state index is 12.0. The number of benzene rings is 1. The number of pyridine rings is 1. The van der Waals surface area contributed by atoms with E-state index in [0.717, 1.165) is 11.1 Å². The lowest BCUT2D eigenvalue weighted by molar-refractivity contribution is -0.143. The summed E-state index contributed by atoms with van der Waals surface area (Å²) in [6, 6.07) is 10.8. The zero-order valence-electron chi connectivity index (χ0n) is 12.6. The molecule has 2 rings (SSSR count). The number of hydrogen-bond donors (Lipinski definition) is 1. The van der Waals surface area contributed by atoms with Crippen LogP contribution in [0.1, 0.15) is 27.2 Å². The molecule has 0 aliphatic rings. The van der Waals surface area contributed by atoms with Crippen molar-refractivity contribution in [1.29, 1.82) is 0 Å². The number of carbonyl (C=O) groups is 2. The Hall–Kier alpha value is -2.69. The molecule has 5 heteroatoms. The summed E-state index contributed by atoms with van der Waals surface area (Å²) in [6.45, 7) is 3.84. The van der Waals surface area contributed by atoms with Gasteiger partial charge in [-0.15, -0.1) is 0 Å². The van der Waals surface area contributed by atoms with Crippen LogP contribution in [-0.4, -0.2) is 23.4 Å². The van der Waals surface area contributed by atoms with Crippen molar-refractivity contribution in [1.82, 2.24) is 10.3 Å². The molecule has 0 radical (unpaired) electrons. The molecule has 2 aromatic rings. The van der Waals surface area contributed by atoms with Gasteiger partial charge in [0.15, 0.2) is 0 Å². The predicted octanol–water partition coefficient (Wildman–Crippen LogP) is 2.17. The van der Waals surface area contributed by atoms with E-state index in [0.29, 0.717) is 11.3 Å². The second-order valence-corrected chi connectivity index (χ2v) is 4.96. The summed E-state index contributed by atoms with van der Waals surface area (Å²) in [7, 11) is 0. The van der Waals surface area contributed by atoms with Gasteiger partial charge in [0.05, 0.1) is 5.69 Å². The van der Waals surface area contributed by atoms with Gasteiger partial charge in [-0.3, -0.25) is 14.6 Å². The number of hydrogen-bond acceptors (Lipinski definition) is 4. The number of ether oxygens (including phenoxy) is 1. The topological polar surface area (TPSA) is 68.3 Å². The van der Waals surface area contributed by atoms with Crippen molar-refractivity contribution in [2.24, 2.45) is 0 Å². The molecule has 0 saturated carbocycles. The third-order valence-electron chi connectivity index (χ3n) is 3.27. The molecule has 114 valence electrons. The Kier molecular flexibility index (Phi) is 5.25. The molecular weight excluding hydrogens is 280 g/mol. The van der Waals surface area contributed by atoms with Gasteiger partial charge in [-0.1, -0.05) is 12.1 Å². The molecular formula is C17H18N2O3. The van der Waals surface area contributed by atoms with Crippen molar-refractivity contribution in [3.8, 4) is 0 Å². The van der Waals surface area contributed by atoms with Gasteiger partial charge in [0, 0.05) is 11.8 Å². The molecule has 1 aromatic heterocycles. The summed E-state index contributed by atoms with van der Waals surface area (Å²) in [6.07, 6.45) is 1.63. The van der Waals surface area contributed by atoms with Crippen molar-refractivity contribution in [2.45, 2.75) is 20.5 Å². The Labute approximate surface area is 129 Å². The van der Waals surface area contributed by atoms with Crippen LogP contribution in [0, 0.1) is 13.8 Å². The fourth-order valence-electron chi connectivity index (χ4n) is 1.83. The number of esters is 1. The molecule has 1 amide bonds. The van der Waals surface area contributed by atoms with Crippen molar-refractivity contribution >= 4 is 11.9 Å². The summed E-state index contributed by atoms with van der Waals surface area (Å²) >= 11 is 0. The van der Waals surface area contributed by atoms with Gasteiger partial charge in [0.1, 0.15) is 13.2 Å². The summed E-state index contributed by atoms with van der Waals surface area (Å²) < 4.78 is 5.04. The van der Waals surface area contributed by atoms with Crippen LogP contribution in [0.5, 0.6) is 0 Å². The zero-order chi connectivity index (χ0) is 15.9. The Bertz CT molecular complexity index is 669. The highest BCUT2D eigenvalue weighted by Crippen LogP contribution is 2.09.